The van der Waals surface area contributed by atoms with Crippen LogP contribution in [0.1, 0.15) is 19.3 Å². The molecule has 0 saturated heterocycles. The van der Waals surface area contributed by atoms with Gasteiger partial charge in [0.1, 0.15) is 6.04 Å². The van der Waals surface area contributed by atoms with Crippen molar-refractivity contribution < 1.29 is 9.90 Å². The fourth-order valence-electron chi connectivity index (χ4n) is 0.750. The van der Waals surface area contributed by atoms with E-state index >= 15 is 0 Å². The first-order valence-corrected chi connectivity index (χ1v) is 3.57. The van der Waals surface area contributed by atoms with E-state index in [0.29, 0.717) is 13.0 Å². The Balaban J connectivity index is 3.44. The van der Waals surface area contributed by atoms with Crippen molar-refractivity contribution in [2.45, 2.75) is 25.3 Å². The largest absolute Gasteiger partial charge is 0.480 e. The Morgan fingerprint density at radius 3 is 2.64 bits per heavy atom. The molecule has 0 aliphatic rings. The number of rotatable bonds is 6. The standard InChI is InChI=1S/C6H14N3O2/c7-4-2-1-3-5(9-8)6(10)11/h5,8-9H,1-4,7H2,(H,10,11)/t5-/m0/s1. The third kappa shape index (κ3) is 4.72. The summed E-state index contributed by atoms with van der Waals surface area (Å²) in [6.45, 7) is 0.574. The van der Waals surface area contributed by atoms with E-state index in [0.717, 1.165) is 12.8 Å². The molecule has 0 unspecified atom stereocenters. The van der Waals surface area contributed by atoms with Crippen LogP contribution in [0.2, 0.25) is 0 Å². The zero-order valence-corrected chi connectivity index (χ0v) is 6.34. The fraction of sp³-hybridized carbons (Fsp3) is 0.833. The van der Waals surface area contributed by atoms with Gasteiger partial charge < -0.3 is 10.8 Å². The van der Waals surface area contributed by atoms with E-state index in [9.17, 15) is 4.79 Å². The van der Waals surface area contributed by atoms with Gasteiger partial charge in [0.15, 0.2) is 0 Å². The number of carboxylic acid groups (broad SMARTS) is 1. The first-order chi connectivity index (χ1) is 5.22. The van der Waals surface area contributed by atoms with Crippen LogP contribution in [0.5, 0.6) is 0 Å². The summed E-state index contributed by atoms with van der Waals surface area (Å²) in [6, 6.07) is -0.749. The molecule has 1 radical (unpaired) electrons. The second-order valence-corrected chi connectivity index (χ2v) is 2.32. The van der Waals surface area contributed by atoms with Gasteiger partial charge in [0.25, 0.3) is 0 Å². The lowest BCUT2D eigenvalue weighted by atomic mass is 10.1. The van der Waals surface area contributed by atoms with E-state index in [1.54, 1.807) is 0 Å². The molecule has 0 aromatic rings. The van der Waals surface area contributed by atoms with Crippen molar-refractivity contribution in [3.63, 3.8) is 0 Å². The molecule has 0 aliphatic heterocycles. The number of aliphatic carboxylic acids is 1. The number of nitrogens with two attached hydrogens (primary N) is 1. The van der Waals surface area contributed by atoms with Crippen molar-refractivity contribution in [3.8, 4) is 0 Å². The predicted octanol–water partition coefficient (Wildman–Crippen LogP) is -0.644. The molecular formula is C6H14N3O2. The Labute approximate surface area is 65.7 Å². The van der Waals surface area contributed by atoms with Crippen LogP contribution in [-0.2, 0) is 4.79 Å². The number of nitrogens with one attached hydrogen (secondary N) is 2. The molecule has 65 valence electrons. The number of carboxylic acids is 1. The van der Waals surface area contributed by atoms with Gasteiger partial charge in [-0.3, -0.25) is 4.79 Å². The fourth-order valence-corrected chi connectivity index (χ4v) is 0.750. The van der Waals surface area contributed by atoms with Crippen LogP contribution in [0.25, 0.3) is 0 Å². The van der Waals surface area contributed by atoms with Crippen LogP contribution < -0.4 is 17.0 Å². The van der Waals surface area contributed by atoms with Crippen LogP contribution in [0.15, 0.2) is 0 Å². The Kier molecular flexibility index (Phi) is 5.73. The number of carbonyl (C=O) groups is 1. The van der Waals surface area contributed by atoms with Crippen LogP contribution >= 0.6 is 0 Å². The Bertz CT molecular complexity index is 118. The normalized spacial score (nSPS) is 12.9. The van der Waals surface area contributed by atoms with Gasteiger partial charge in [0.2, 0.25) is 0 Å². The molecule has 0 aromatic carbocycles. The SMILES string of the molecule is [NH]N[C@@H](CCCCN)C(=O)O. The molecule has 0 heterocycles. The Morgan fingerprint density at radius 1 is 1.64 bits per heavy atom. The quantitative estimate of drug-likeness (QED) is 0.355. The van der Waals surface area contributed by atoms with Crippen LogP contribution in [0.3, 0.4) is 0 Å². The highest BCUT2D eigenvalue weighted by Crippen LogP contribution is 1.99. The highest BCUT2D eigenvalue weighted by molar-refractivity contribution is 5.73. The second-order valence-electron chi connectivity index (χ2n) is 2.32. The summed E-state index contributed by atoms with van der Waals surface area (Å²) < 4.78 is 0. The molecule has 0 bridgehead atoms. The minimum absolute atomic E-state index is 0.468. The lowest BCUT2D eigenvalue weighted by molar-refractivity contribution is -0.139. The summed E-state index contributed by atoms with van der Waals surface area (Å²) in [4.78, 5) is 10.3. The average Bonchev–Trinajstić information content (AvgIpc) is 1.97. The van der Waals surface area contributed by atoms with Gasteiger partial charge in [0, 0.05) is 0 Å². The van der Waals surface area contributed by atoms with Gasteiger partial charge in [-0.05, 0) is 25.8 Å². The van der Waals surface area contributed by atoms with E-state index in [-0.39, 0.29) is 0 Å². The maximum Gasteiger partial charge on any atom is 0.322 e. The van der Waals surface area contributed by atoms with Crippen molar-refractivity contribution >= 4 is 5.97 Å². The summed E-state index contributed by atoms with van der Waals surface area (Å²) in [5.74, 6) is 5.69. The van der Waals surface area contributed by atoms with Crippen molar-refractivity contribution in [3.05, 3.63) is 0 Å². The van der Waals surface area contributed by atoms with Crippen molar-refractivity contribution in [2.75, 3.05) is 6.54 Å². The minimum Gasteiger partial charge on any atom is -0.480 e. The van der Waals surface area contributed by atoms with Gasteiger partial charge in [-0.1, -0.05) is 0 Å². The summed E-state index contributed by atoms with van der Waals surface area (Å²) in [5.41, 5.74) is 7.19. The monoisotopic (exact) mass is 160 g/mol. The molecule has 1 atom stereocenters. The molecule has 0 rings (SSSR count). The van der Waals surface area contributed by atoms with Crippen molar-refractivity contribution in [1.29, 1.82) is 0 Å². The number of hydrogen-bond donors (Lipinski definition) is 3. The van der Waals surface area contributed by atoms with Crippen LogP contribution in [-0.4, -0.2) is 23.7 Å². The summed E-state index contributed by atoms with van der Waals surface area (Å²) in [7, 11) is 0. The van der Waals surface area contributed by atoms with E-state index < -0.39 is 12.0 Å². The van der Waals surface area contributed by atoms with E-state index in [1.807, 2.05) is 5.43 Å². The zero-order valence-electron chi connectivity index (χ0n) is 6.34. The topological polar surface area (TPSA) is 99.1 Å². The molecule has 5 heteroatoms. The van der Waals surface area contributed by atoms with Gasteiger partial charge in [-0.25, -0.2) is 5.43 Å². The molecule has 5 nitrogen and oxygen atoms in total. The number of hydrogen-bond acceptors (Lipinski definition) is 3. The Morgan fingerprint density at radius 2 is 2.27 bits per heavy atom. The maximum absolute atomic E-state index is 10.3. The first-order valence-electron chi connectivity index (χ1n) is 3.57. The lowest BCUT2D eigenvalue weighted by Crippen LogP contribution is -2.35. The summed E-state index contributed by atoms with van der Waals surface area (Å²) >= 11 is 0. The molecule has 0 aromatic heterocycles. The third-order valence-corrected chi connectivity index (χ3v) is 1.42. The van der Waals surface area contributed by atoms with Gasteiger partial charge in [-0.15, -0.1) is 0 Å². The molecule has 0 amide bonds. The molecule has 5 N–H and O–H groups in total. The van der Waals surface area contributed by atoms with Crippen LogP contribution in [0.4, 0.5) is 0 Å². The molecule has 0 aliphatic carbocycles. The summed E-state index contributed by atoms with van der Waals surface area (Å²) in [6.07, 6.45) is 2.03. The van der Waals surface area contributed by atoms with Gasteiger partial charge >= 0.3 is 5.97 Å². The molecule has 0 saturated carbocycles. The predicted molar refractivity (Wildman–Crippen MR) is 40.6 cm³/mol. The van der Waals surface area contributed by atoms with Gasteiger partial charge in [-0.2, -0.15) is 5.84 Å². The highest BCUT2D eigenvalue weighted by atomic mass is 16.4. The van der Waals surface area contributed by atoms with E-state index in [4.69, 9.17) is 16.7 Å². The minimum atomic E-state index is -0.975. The van der Waals surface area contributed by atoms with E-state index in [2.05, 4.69) is 0 Å². The number of unbranched alkanes of at least 4 members (excludes halogenated alkanes) is 1. The summed E-state index contributed by atoms with van der Waals surface area (Å²) in [5, 5.41) is 8.46. The molecule has 0 fully saturated rings. The highest BCUT2D eigenvalue weighted by Gasteiger charge is 2.13. The zero-order chi connectivity index (χ0) is 8.69. The average molecular weight is 160 g/mol. The third-order valence-electron chi connectivity index (χ3n) is 1.42. The maximum atomic E-state index is 10.3. The van der Waals surface area contributed by atoms with Crippen molar-refractivity contribution in [1.82, 2.24) is 11.3 Å². The smallest absolute Gasteiger partial charge is 0.322 e. The van der Waals surface area contributed by atoms with Crippen molar-refractivity contribution in [2.24, 2.45) is 5.73 Å². The molecule has 0 spiro atoms. The second kappa shape index (κ2) is 6.09. The molecule has 11 heavy (non-hydrogen) atoms. The Hall–Kier alpha value is -0.650. The first kappa shape index (κ1) is 10.3. The van der Waals surface area contributed by atoms with E-state index in [1.165, 1.54) is 0 Å². The van der Waals surface area contributed by atoms with Gasteiger partial charge in [0.05, 0.1) is 0 Å². The van der Waals surface area contributed by atoms with Crippen LogP contribution in [0, 0.1) is 0 Å². The molecular weight excluding hydrogens is 146 g/mol. The lowest BCUT2D eigenvalue weighted by Gasteiger charge is -2.08.